The Morgan fingerprint density at radius 3 is 2.70 bits per heavy atom. The zero-order valence-electron chi connectivity index (χ0n) is 10.3. The minimum atomic E-state index is -3.74. The number of halogens is 2. The van der Waals surface area contributed by atoms with Crippen LogP contribution >= 0.6 is 27.5 Å². The summed E-state index contributed by atoms with van der Waals surface area (Å²) in [6.45, 7) is 0. The maximum absolute atomic E-state index is 12.2. The highest BCUT2D eigenvalue weighted by Gasteiger charge is 2.16. The van der Waals surface area contributed by atoms with E-state index < -0.39 is 10.0 Å². The second kappa shape index (κ2) is 5.99. The fraction of sp³-hybridized carbons (Fsp3) is 0.0833. The molecule has 0 aliphatic heterocycles. The lowest BCUT2D eigenvalue weighted by molar-refractivity contribution is 0.415. The van der Waals surface area contributed by atoms with E-state index in [1.807, 2.05) is 0 Å². The van der Waals surface area contributed by atoms with Crippen LogP contribution in [0.15, 0.2) is 45.9 Å². The number of sulfonamides is 1. The highest BCUT2D eigenvalue weighted by atomic mass is 79.9. The Bertz CT molecular complexity index is 737. The average molecular weight is 378 g/mol. The SMILES string of the molecule is COc1ccc(Br)c(NS(=O)(=O)c2ccnc(Cl)c2)c1. The zero-order chi connectivity index (χ0) is 14.8. The van der Waals surface area contributed by atoms with E-state index in [2.05, 4.69) is 25.6 Å². The van der Waals surface area contributed by atoms with Crippen molar-refractivity contribution in [1.82, 2.24) is 4.98 Å². The van der Waals surface area contributed by atoms with E-state index in [1.54, 1.807) is 18.2 Å². The number of pyridine rings is 1. The Balaban J connectivity index is 2.38. The molecule has 0 aliphatic rings. The van der Waals surface area contributed by atoms with Gasteiger partial charge in [0.15, 0.2) is 0 Å². The van der Waals surface area contributed by atoms with Gasteiger partial charge in [-0.05, 0) is 40.2 Å². The number of hydrogen-bond acceptors (Lipinski definition) is 4. The van der Waals surface area contributed by atoms with Gasteiger partial charge in [0.25, 0.3) is 10.0 Å². The molecule has 1 heterocycles. The van der Waals surface area contributed by atoms with Crippen LogP contribution in [-0.4, -0.2) is 20.5 Å². The minimum absolute atomic E-state index is 0.0345. The van der Waals surface area contributed by atoms with Gasteiger partial charge in [-0.15, -0.1) is 0 Å². The summed E-state index contributed by atoms with van der Waals surface area (Å²) in [4.78, 5) is 3.78. The Morgan fingerprint density at radius 1 is 1.30 bits per heavy atom. The number of methoxy groups -OCH3 is 1. The van der Waals surface area contributed by atoms with Crippen molar-refractivity contribution in [3.05, 3.63) is 46.2 Å². The van der Waals surface area contributed by atoms with Crippen molar-refractivity contribution in [2.75, 3.05) is 11.8 Å². The molecule has 0 aliphatic carbocycles. The summed E-state index contributed by atoms with van der Waals surface area (Å²) in [5.74, 6) is 0.540. The number of nitrogens with one attached hydrogen (secondary N) is 1. The molecule has 106 valence electrons. The lowest BCUT2D eigenvalue weighted by atomic mass is 10.3. The number of hydrogen-bond donors (Lipinski definition) is 1. The fourth-order valence-corrected chi connectivity index (χ4v) is 3.26. The molecule has 1 N–H and O–H groups in total. The summed E-state index contributed by atoms with van der Waals surface area (Å²) in [5.41, 5.74) is 0.372. The van der Waals surface area contributed by atoms with Crippen LogP contribution in [0.1, 0.15) is 0 Å². The van der Waals surface area contributed by atoms with E-state index in [9.17, 15) is 8.42 Å². The van der Waals surface area contributed by atoms with Crippen LogP contribution in [0.2, 0.25) is 5.15 Å². The van der Waals surface area contributed by atoms with E-state index >= 15 is 0 Å². The van der Waals surface area contributed by atoms with E-state index in [1.165, 1.54) is 25.4 Å². The second-order valence-corrected chi connectivity index (χ2v) is 6.69. The van der Waals surface area contributed by atoms with Crippen LogP contribution in [0.4, 0.5) is 5.69 Å². The molecule has 1 aromatic carbocycles. The van der Waals surface area contributed by atoms with Crippen molar-refractivity contribution in [1.29, 1.82) is 0 Å². The molecule has 2 rings (SSSR count). The third kappa shape index (κ3) is 3.41. The third-order valence-corrected chi connectivity index (χ3v) is 4.69. The zero-order valence-corrected chi connectivity index (χ0v) is 13.5. The number of aromatic nitrogens is 1. The van der Waals surface area contributed by atoms with Gasteiger partial charge in [0.2, 0.25) is 0 Å². The molecular weight excluding hydrogens is 368 g/mol. The Morgan fingerprint density at radius 2 is 2.05 bits per heavy atom. The Labute approximate surface area is 130 Å². The summed E-state index contributed by atoms with van der Waals surface area (Å²) in [5, 5.41) is 0.109. The molecule has 0 spiro atoms. The molecule has 0 saturated carbocycles. The molecule has 20 heavy (non-hydrogen) atoms. The van der Waals surface area contributed by atoms with Gasteiger partial charge < -0.3 is 4.74 Å². The molecule has 0 radical (unpaired) electrons. The van der Waals surface area contributed by atoms with Crippen molar-refractivity contribution < 1.29 is 13.2 Å². The molecule has 8 heteroatoms. The van der Waals surface area contributed by atoms with Gasteiger partial charge in [-0.2, -0.15) is 0 Å². The predicted octanol–water partition coefficient (Wildman–Crippen LogP) is 3.31. The molecule has 2 aromatic rings. The molecule has 1 aromatic heterocycles. The number of rotatable bonds is 4. The van der Waals surface area contributed by atoms with E-state index in [-0.39, 0.29) is 10.0 Å². The number of benzene rings is 1. The van der Waals surface area contributed by atoms with Gasteiger partial charge in [0, 0.05) is 16.7 Å². The largest absolute Gasteiger partial charge is 0.497 e. The van der Waals surface area contributed by atoms with Gasteiger partial charge in [-0.3, -0.25) is 4.72 Å². The van der Waals surface area contributed by atoms with Crippen molar-refractivity contribution in [3.63, 3.8) is 0 Å². The Kier molecular flexibility index (Phi) is 4.52. The number of nitrogens with zero attached hydrogens (tertiary/aromatic N) is 1. The highest BCUT2D eigenvalue weighted by Crippen LogP contribution is 2.29. The van der Waals surface area contributed by atoms with Crippen LogP contribution in [0, 0.1) is 0 Å². The molecule has 0 bridgehead atoms. The second-order valence-electron chi connectivity index (χ2n) is 3.77. The van der Waals surface area contributed by atoms with Crippen LogP contribution in [0.25, 0.3) is 0 Å². The maximum Gasteiger partial charge on any atom is 0.262 e. The van der Waals surface area contributed by atoms with E-state index in [0.29, 0.717) is 15.9 Å². The van der Waals surface area contributed by atoms with Crippen LogP contribution in [0.3, 0.4) is 0 Å². The summed E-state index contributed by atoms with van der Waals surface area (Å²) in [7, 11) is -2.24. The monoisotopic (exact) mass is 376 g/mol. The third-order valence-electron chi connectivity index (χ3n) is 2.43. The Hall–Kier alpha value is -1.31. The predicted molar refractivity (Wildman–Crippen MR) is 80.7 cm³/mol. The van der Waals surface area contributed by atoms with Gasteiger partial charge in [-0.1, -0.05) is 11.6 Å². The molecule has 0 atom stereocenters. The summed E-state index contributed by atoms with van der Waals surface area (Å²) < 4.78 is 32.6. The van der Waals surface area contributed by atoms with Crippen molar-refractivity contribution in [2.45, 2.75) is 4.90 Å². The fourth-order valence-electron chi connectivity index (χ4n) is 1.47. The van der Waals surface area contributed by atoms with Gasteiger partial charge in [0.1, 0.15) is 10.9 Å². The standard InChI is InChI=1S/C12H10BrClN2O3S/c1-19-8-2-3-10(13)11(6-8)16-20(17,18)9-4-5-15-12(14)7-9/h2-7,16H,1H3. The first-order chi connectivity index (χ1) is 9.42. The normalized spacial score (nSPS) is 11.2. The van der Waals surface area contributed by atoms with E-state index in [0.717, 1.165) is 0 Å². The maximum atomic E-state index is 12.2. The van der Waals surface area contributed by atoms with Crippen LogP contribution in [-0.2, 0) is 10.0 Å². The minimum Gasteiger partial charge on any atom is -0.497 e. The van der Waals surface area contributed by atoms with Crippen molar-refractivity contribution in [3.8, 4) is 5.75 Å². The molecule has 0 fully saturated rings. The molecular formula is C12H10BrClN2O3S. The first kappa shape index (κ1) is 15.1. The molecule has 5 nitrogen and oxygen atoms in total. The van der Waals surface area contributed by atoms with Gasteiger partial charge >= 0.3 is 0 Å². The summed E-state index contributed by atoms with van der Waals surface area (Å²) in [6, 6.07) is 7.62. The lowest BCUT2D eigenvalue weighted by Gasteiger charge is -2.11. The topological polar surface area (TPSA) is 68.3 Å². The van der Waals surface area contributed by atoms with Gasteiger partial charge in [-0.25, -0.2) is 13.4 Å². The van der Waals surface area contributed by atoms with E-state index in [4.69, 9.17) is 16.3 Å². The summed E-state index contributed by atoms with van der Waals surface area (Å²) >= 11 is 8.98. The van der Waals surface area contributed by atoms with Crippen molar-refractivity contribution in [2.24, 2.45) is 0 Å². The number of ether oxygens (including phenoxy) is 1. The molecule has 0 saturated heterocycles. The smallest absolute Gasteiger partial charge is 0.262 e. The quantitative estimate of drug-likeness (QED) is 0.830. The first-order valence-corrected chi connectivity index (χ1v) is 8.06. The van der Waals surface area contributed by atoms with Gasteiger partial charge in [0.05, 0.1) is 17.7 Å². The highest BCUT2D eigenvalue weighted by molar-refractivity contribution is 9.10. The van der Waals surface area contributed by atoms with Crippen LogP contribution in [0.5, 0.6) is 5.75 Å². The van der Waals surface area contributed by atoms with Crippen LogP contribution < -0.4 is 9.46 Å². The lowest BCUT2D eigenvalue weighted by Crippen LogP contribution is -2.13. The molecule has 0 unspecified atom stereocenters. The number of anilines is 1. The first-order valence-electron chi connectivity index (χ1n) is 5.40. The summed E-state index contributed by atoms with van der Waals surface area (Å²) in [6.07, 6.45) is 1.33. The average Bonchev–Trinajstić information content (AvgIpc) is 2.41. The van der Waals surface area contributed by atoms with Crippen molar-refractivity contribution >= 4 is 43.2 Å². The molecule has 0 amide bonds.